The van der Waals surface area contributed by atoms with E-state index in [9.17, 15) is 9.18 Å². The van der Waals surface area contributed by atoms with Gasteiger partial charge in [0.15, 0.2) is 5.82 Å². The Kier molecular flexibility index (Phi) is 4.37. The maximum absolute atomic E-state index is 14.1. The summed E-state index contributed by atoms with van der Waals surface area (Å²) >= 11 is 0. The first-order chi connectivity index (χ1) is 11.1. The lowest BCUT2D eigenvalue weighted by Gasteiger charge is -2.29. The van der Waals surface area contributed by atoms with Crippen LogP contribution in [-0.4, -0.2) is 28.8 Å². The Hall–Kier alpha value is -2.30. The lowest BCUT2D eigenvalue weighted by Crippen LogP contribution is -2.35. The van der Waals surface area contributed by atoms with Crippen molar-refractivity contribution in [2.45, 2.75) is 33.1 Å². The van der Waals surface area contributed by atoms with E-state index in [4.69, 9.17) is 0 Å². The van der Waals surface area contributed by atoms with Crippen molar-refractivity contribution in [3.05, 3.63) is 41.3 Å². The van der Waals surface area contributed by atoms with Crippen molar-refractivity contribution in [1.29, 1.82) is 0 Å². The molecule has 2 aromatic rings. The van der Waals surface area contributed by atoms with E-state index < -0.39 is 0 Å². The molecule has 0 unspecified atom stereocenters. The third kappa shape index (κ3) is 3.09. The van der Waals surface area contributed by atoms with Gasteiger partial charge >= 0.3 is 0 Å². The molecule has 0 N–H and O–H groups in total. The molecule has 1 fully saturated rings. The summed E-state index contributed by atoms with van der Waals surface area (Å²) < 4.78 is 14.1. The lowest BCUT2D eigenvalue weighted by molar-refractivity contribution is -0.119. The molecule has 0 aliphatic carbocycles. The molecule has 1 saturated heterocycles. The smallest absolute Gasteiger partial charge is 0.164 e. The number of anilines is 1. The molecule has 0 spiro atoms. The second-order valence-corrected chi connectivity index (χ2v) is 5.79. The molecule has 0 saturated carbocycles. The van der Waals surface area contributed by atoms with Crippen molar-refractivity contribution in [3.63, 3.8) is 0 Å². The van der Waals surface area contributed by atoms with Gasteiger partial charge in [-0.15, -0.1) is 0 Å². The zero-order chi connectivity index (χ0) is 16.4. The summed E-state index contributed by atoms with van der Waals surface area (Å²) in [5.74, 6) is 1.21. The van der Waals surface area contributed by atoms with Crippen molar-refractivity contribution in [2.24, 2.45) is 0 Å². The van der Waals surface area contributed by atoms with E-state index in [1.54, 1.807) is 18.2 Å². The molecule has 4 nitrogen and oxygen atoms in total. The van der Waals surface area contributed by atoms with Gasteiger partial charge in [0.05, 0.1) is 5.56 Å². The second kappa shape index (κ2) is 6.44. The number of piperidine rings is 1. The average molecular weight is 313 g/mol. The summed E-state index contributed by atoms with van der Waals surface area (Å²) in [5, 5.41) is 0. The zero-order valence-corrected chi connectivity index (χ0v) is 13.5. The van der Waals surface area contributed by atoms with Crippen LogP contribution < -0.4 is 4.90 Å². The number of carbonyl (C=O) groups is 1. The van der Waals surface area contributed by atoms with Crippen LogP contribution in [0.25, 0.3) is 11.4 Å². The van der Waals surface area contributed by atoms with E-state index in [1.165, 1.54) is 6.07 Å². The van der Waals surface area contributed by atoms with E-state index in [1.807, 2.05) is 6.92 Å². The largest absolute Gasteiger partial charge is 0.355 e. The van der Waals surface area contributed by atoms with Crippen molar-refractivity contribution in [1.82, 2.24) is 9.97 Å². The maximum Gasteiger partial charge on any atom is 0.164 e. The number of carbonyl (C=O) groups excluding carboxylic acids is 1. The molecule has 2 heterocycles. The Morgan fingerprint density at radius 3 is 2.52 bits per heavy atom. The highest BCUT2D eigenvalue weighted by Gasteiger charge is 2.22. The Balaban J connectivity index is 2.07. The Bertz CT molecular complexity index is 735. The van der Waals surface area contributed by atoms with Crippen molar-refractivity contribution in [3.8, 4) is 11.4 Å². The zero-order valence-electron chi connectivity index (χ0n) is 13.5. The first-order valence-electron chi connectivity index (χ1n) is 7.99. The fourth-order valence-corrected chi connectivity index (χ4v) is 2.99. The van der Waals surface area contributed by atoms with Crippen molar-refractivity contribution >= 4 is 11.6 Å². The highest BCUT2D eigenvalue weighted by Crippen LogP contribution is 2.28. The van der Waals surface area contributed by atoms with Gasteiger partial charge in [-0.25, -0.2) is 14.4 Å². The van der Waals surface area contributed by atoms with Gasteiger partial charge in [-0.2, -0.15) is 0 Å². The van der Waals surface area contributed by atoms with Crippen LogP contribution >= 0.6 is 0 Å². The van der Waals surface area contributed by atoms with E-state index >= 15 is 0 Å². The molecule has 0 bridgehead atoms. The SMILES string of the molecule is CCc1c(C)nc(-c2ccccc2F)nc1N1CCC(=O)CC1. The minimum atomic E-state index is -0.323. The van der Waals surface area contributed by atoms with Gasteiger partial charge < -0.3 is 4.90 Å². The molecular formula is C18H20FN3O. The van der Waals surface area contributed by atoms with E-state index in [0.717, 1.165) is 23.5 Å². The second-order valence-electron chi connectivity index (χ2n) is 5.79. The molecule has 1 aliphatic heterocycles. The Morgan fingerprint density at radius 1 is 1.17 bits per heavy atom. The Morgan fingerprint density at radius 2 is 1.87 bits per heavy atom. The van der Waals surface area contributed by atoms with Crippen LogP contribution in [0, 0.1) is 12.7 Å². The van der Waals surface area contributed by atoms with Crippen LogP contribution in [-0.2, 0) is 11.2 Å². The first kappa shape index (κ1) is 15.6. The predicted octanol–water partition coefficient (Wildman–Crippen LogP) is 3.32. The number of nitrogens with zero attached hydrogens (tertiary/aromatic N) is 3. The summed E-state index contributed by atoms with van der Waals surface area (Å²) in [7, 11) is 0. The molecule has 120 valence electrons. The van der Waals surface area contributed by atoms with Gasteiger partial charge in [0.25, 0.3) is 0 Å². The fourth-order valence-electron chi connectivity index (χ4n) is 2.99. The van der Waals surface area contributed by atoms with E-state index in [-0.39, 0.29) is 5.82 Å². The third-order valence-electron chi connectivity index (χ3n) is 4.28. The van der Waals surface area contributed by atoms with Crippen LogP contribution in [0.4, 0.5) is 10.2 Å². The highest BCUT2D eigenvalue weighted by atomic mass is 19.1. The number of Topliss-reactive ketones (excluding diaryl/α,β-unsaturated/α-hetero) is 1. The summed E-state index contributed by atoms with van der Waals surface area (Å²) in [6, 6.07) is 6.55. The minimum Gasteiger partial charge on any atom is -0.355 e. The van der Waals surface area contributed by atoms with Crippen LogP contribution in [0.2, 0.25) is 0 Å². The third-order valence-corrected chi connectivity index (χ3v) is 4.28. The normalized spacial score (nSPS) is 15.1. The maximum atomic E-state index is 14.1. The molecule has 23 heavy (non-hydrogen) atoms. The van der Waals surface area contributed by atoms with Crippen molar-refractivity contribution in [2.75, 3.05) is 18.0 Å². The van der Waals surface area contributed by atoms with Crippen LogP contribution in [0.3, 0.4) is 0 Å². The number of rotatable bonds is 3. The summed E-state index contributed by atoms with van der Waals surface area (Å²) in [6.07, 6.45) is 1.89. The van der Waals surface area contributed by atoms with Crippen LogP contribution in [0.5, 0.6) is 0 Å². The monoisotopic (exact) mass is 313 g/mol. The molecule has 3 rings (SSSR count). The van der Waals surface area contributed by atoms with Gasteiger partial charge in [-0.05, 0) is 25.5 Å². The number of aryl methyl sites for hydroxylation is 1. The number of ketones is 1. The van der Waals surface area contributed by atoms with Crippen LogP contribution in [0.1, 0.15) is 31.0 Å². The molecule has 0 radical (unpaired) electrons. The standard InChI is InChI=1S/C18H20FN3O/c1-3-14-12(2)20-17(15-6-4-5-7-16(15)19)21-18(14)22-10-8-13(23)9-11-22/h4-7H,3,8-11H2,1-2H3. The minimum absolute atomic E-state index is 0.291. The Labute approximate surface area is 135 Å². The predicted molar refractivity (Wildman–Crippen MR) is 88.0 cm³/mol. The molecule has 5 heteroatoms. The molecular weight excluding hydrogens is 293 g/mol. The van der Waals surface area contributed by atoms with Gasteiger partial charge in [-0.3, -0.25) is 4.79 Å². The number of aromatic nitrogens is 2. The number of halogens is 1. The average Bonchev–Trinajstić information content (AvgIpc) is 2.55. The van der Waals surface area contributed by atoms with E-state index in [2.05, 4.69) is 21.8 Å². The van der Waals surface area contributed by atoms with E-state index in [0.29, 0.717) is 43.1 Å². The number of hydrogen-bond donors (Lipinski definition) is 0. The summed E-state index contributed by atoms with van der Waals surface area (Å²) in [4.78, 5) is 22.8. The molecule has 1 aromatic heterocycles. The molecule has 1 aliphatic rings. The quantitative estimate of drug-likeness (QED) is 0.872. The van der Waals surface area contributed by atoms with Crippen LogP contribution in [0.15, 0.2) is 24.3 Å². The van der Waals surface area contributed by atoms with Gasteiger partial charge in [0.1, 0.15) is 17.4 Å². The highest BCUT2D eigenvalue weighted by molar-refractivity contribution is 5.81. The lowest BCUT2D eigenvalue weighted by atomic mass is 10.1. The number of benzene rings is 1. The fraction of sp³-hybridized carbons (Fsp3) is 0.389. The van der Waals surface area contributed by atoms with Gasteiger partial charge in [0.2, 0.25) is 0 Å². The van der Waals surface area contributed by atoms with Gasteiger partial charge in [0, 0.05) is 37.2 Å². The molecule has 0 amide bonds. The van der Waals surface area contributed by atoms with Crippen molar-refractivity contribution < 1.29 is 9.18 Å². The summed E-state index contributed by atoms with van der Waals surface area (Å²) in [6.45, 7) is 5.33. The topological polar surface area (TPSA) is 46.1 Å². The molecule has 0 atom stereocenters. The molecule has 1 aromatic carbocycles. The first-order valence-corrected chi connectivity index (χ1v) is 7.99. The van der Waals surface area contributed by atoms with Gasteiger partial charge in [-0.1, -0.05) is 19.1 Å². The number of hydrogen-bond acceptors (Lipinski definition) is 4. The summed E-state index contributed by atoms with van der Waals surface area (Å²) in [5.41, 5.74) is 2.35.